The monoisotopic (exact) mass is 130 g/mol. The highest BCUT2D eigenvalue weighted by atomic mass is 16.3. The number of rotatable bonds is 3. The largest absolute Gasteiger partial charge is 0.393 e. The van der Waals surface area contributed by atoms with Crippen LogP contribution in [0.15, 0.2) is 12.7 Å². The predicted molar refractivity (Wildman–Crippen MR) is 37.0 cm³/mol. The molecule has 0 radical (unpaired) electrons. The van der Waals surface area contributed by atoms with E-state index in [2.05, 4.69) is 6.58 Å². The molecule has 0 saturated carbocycles. The van der Waals surface area contributed by atoms with Crippen molar-refractivity contribution >= 4 is 0 Å². The van der Waals surface area contributed by atoms with Crippen molar-refractivity contribution in [2.24, 2.45) is 5.92 Å². The maximum Gasteiger partial charge on any atom is 0.0599 e. The SMILES string of the molecule is C=CC(C(C)O)C(C)O. The maximum atomic E-state index is 8.95. The summed E-state index contributed by atoms with van der Waals surface area (Å²) in [5, 5.41) is 17.9. The van der Waals surface area contributed by atoms with E-state index in [1.54, 1.807) is 19.9 Å². The van der Waals surface area contributed by atoms with E-state index in [4.69, 9.17) is 10.2 Å². The van der Waals surface area contributed by atoms with Gasteiger partial charge in [-0.25, -0.2) is 0 Å². The van der Waals surface area contributed by atoms with Crippen LogP contribution in [0.3, 0.4) is 0 Å². The van der Waals surface area contributed by atoms with E-state index in [1.165, 1.54) is 0 Å². The molecule has 0 heterocycles. The molecule has 0 aromatic rings. The molecule has 2 heteroatoms. The molecule has 2 nitrogen and oxygen atoms in total. The number of hydrogen-bond acceptors (Lipinski definition) is 2. The first kappa shape index (κ1) is 8.66. The fraction of sp³-hybridized carbons (Fsp3) is 0.714. The number of hydrogen-bond donors (Lipinski definition) is 2. The zero-order chi connectivity index (χ0) is 7.44. The second kappa shape index (κ2) is 3.64. The summed E-state index contributed by atoms with van der Waals surface area (Å²) in [6, 6.07) is 0. The zero-order valence-electron chi connectivity index (χ0n) is 5.91. The molecular weight excluding hydrogens is 116 g/mol. The third kappa shape index (κ3) is 2.63. The molecule has 9 heavy (non-hydrogen) atoms. The lowest BCUT2D eigenvalue weighted by molar-refractivity contribution is 0.0574. The minimum absolute atomic E-state index is 0.204. The van der Waals surface area contributed by atoms with Crippen LogP contribution in [0.25, 0.3) is 0 Å². The van der Waals surface area contributed by atoms with E-state index in [1.807, 2.05) is 0 Å². The second-order valence-electron chi connectivity index (χ2n) is 2.29. The van der Waals surface area contributed by atoms with Crippen molar-refractivity contribution in [1.29, 1.82) is 0 Å². The average Bonchev–Trinajstić information content (AvgIpc) is 1.64. The zero-order valence-corrected chi connectivity index (χ0v) is 5.91. The third-order valence-corrected chi connectivity index (χ3v) is 1.39. The lowest BCUT2D eigenvalue weighted by atomic mass is 9.99. The van der Waals surface area contributed by atoms with Crippen LogP contribution in [0.2, 0.25) is 0 Å². The molecule has 0 aromatic heterocycles. The Morgan fingerprint density at radius 3 is 1.56 bits per heavy atom. The molecule has 0 amide bonds. The molecule has 2 unspecified atom stereocenters. The van der Waals surface area contributed by atoms with Gasteiger partial charge in [-0.2, -0.15) is 0 Å². The van der Waals surface area contributed by atoms with Crippen LogP contribution < -0.4 is 0 Å². The summed E-state index contributed by atoms with van der Waals surface area (Å²) in [6.07, 6.45) is 0.542. The topological polar surface area (TPSA) is 40.5 Å². The van der Waals surface area contributed by atoms with Gasteiger partial charge in [-0.15, -0.1) is 6.58 Å². The molecule has 0 aliphatic carbocycles. The van der Waals surface area contributed by atoms with Crippen LogP contribution >= 0.6 is 0 Å². The molecule has 0 aromatic carbocycles. The Morgan fingerprint density at radius 2 is 1.56 bits per heavy atom. The first-order valence-electron chi connectivity index (χ1n) is 3.08. The van der Waals surface area contributed by atoms with Gasteiger partial charge in [-0.05, 0) is 13.8 Å². The highest BCUT2D eigenvalue weighted by Gasteiger charge is 2.15. The van der Waals surface area contributed by atoms with Gasteiger partial charge in [0.2, 0.25) is 0 Å². The molecule has 2 atom stereocenters. The van der Waals surface area contributed by atoms with E-state index in [0.717, 1.165) is 0 Å². The molecule has 0 aliphatic heterocycles. The van der Waals surface area contributed by atoms with Crippen LogP contribution in [0, 0.1) is 5.92 Å². The number of aliphatic hydroxyl groups excluding tert-OH is 2. The van der Waals surface area contributed by atoms with Crippen LogP contribution in [0.1, 0.15) is 13.8 Å². The quantitative estimate of drug-likeness (QED) is 0.548. The molecule has 0 fully saturated rings. The minimum Gasteiger partial charge on any atom is -0.393 e. The lowest BCUT2D eigenvalue weighted by Crippen LogP contribution is -2.25. The molecule has 0 bridgehead atoms. The van der Waals surface area contributed by atoms with Gasteiger partial charge in [-0.3, -0.25) is 0 Å². The lowest BCUT2D eigenvalue weighted by Gasteiger charge is -2.17. The van der Waals surface area contributed by atoms with Crippen LogP contribution in [-0.2, 0) is 0 Å². The summed E-state index contributed by atoms with van der Waals surface area (Å²) >= 11 is 0. The van der Waals surface area contributed by atoms with Gasteiger partial charge in [0.15, 0.2) is 0 Å². The van der Waals surface area contributed by atoms with E-state index in [9.17, 15) is 0 Å². The molecular formula is C7H14O2. The molecule has 0 rings (SSSR count). The highest BCUT2D eigenvalue weighted by molar-refractivity contribution is 4.86. The summed E-state index contributed by atoms with van der Waals surface area (Å²) < 4.78 is 0. The standard InChI is InChI=1S/C7H14O2/c1-4-7(5(2)8)6(3)9/h4-9H,1H2,2-3H3. The summed E-state index contributed by atoms with van der Waals surface area (Å²) in [5.74, 6) is -0.204. The van der Waals surface area contributed by atoms with Crippen molar-refractivity contribution < 1.29 is 10.2 Å². The summed E-state index contributed by atoms with van der Waals surface area (Å²) in [6.45, 7) is 6.76. The van der Waals surface area contributed by atoms with Crippen LogP contribution in [-0.4, -0.2) is 22.4 Å². The Bertz CT molecular complexity index is 78.9. The number of aliphatic hydroxyl groups is 2. The van der Waals surface area contributed by atoms with Crippen molar-refractivity contribution in [2.75, 3.05) is 0 Å². The van der Waals surface area contributed by atoms with Gasteiger partial charge in [0, 0.05) is 5.92 Å². The molecule has 54 valence electrons. The van der Waals surface area contributed by atoms with Crippen molar-refractivity contribution in [2.45, 2.75) is 26.1 Å². The fourth-order valence-electron chi connectivity index (χ4n) is 0.797. The average molecular weight is 130 g/mol. The van der Waals surface area contributed by atoms with E-state index in [0.29, 0.717) is 0 Å². The van der Waals surface area contributed by atoms with Gasteiger partial charge in [0.1, 0.15) is 0 Å². The smallest absolute Gasteiger partial charge is 0.0599 e. The van der Waals surface area contributed by atoms with Crippen LogP contribution in [0.4, 0.5) is 0 Å². The summed E-state index contributed by atoms with van der Waals surface area (Å²) in [7, 11) is 0. The predicted octanol–water partition coefficient (Wildman–Crippen LogP) is 0.550. The third-order valence-electron chi connectivity index (χ3n) is 1.39. The summed E-state index contributed by atoms with van der Waals surface area (Å²) in [4.78, 5) is 0. The second-order valence-corrected chi connectivity index (χ2v) is 2.29. The Morgan fingerprint density at radius 1 is 1.22 bits per heavy atom. The Balaban J connectivity index is 3.82. The Kier molecular flexibility index (Phi) is 3.50. The van der Waals surface area contributed by atoms with E-state index in [-0.39, 0.29) is 5.92 Å². The van der Waals surface area contributed by atoms with Crippen LogP contribution in [0.5, 0.6) is 0 Å². The molecule has 0 saturated heterocycles. The Hall–Kier alpha value is -0.340. The Labute approximate surface area is 55.8 Å². The van der Waals surface area contributed by atoms with Gasteiger partial charge < -0.3 is 10.2 Å². The van der Waals surface area contributed by atoms with Gasteiger partial charge in [0.25, 0.3) is 0 Å². The van der Waals surface area contributed by atoms with Gasteiger partial charge >= 0.3 is 0 Å². The minimum atomic E-state index is -0.512. The fourth-order valence-corrected chi connectivity index (χ4v) is 0.797. The van der Waals surface area contributed by atoms with E-state index < -0.39 is 12.2 Å². The normalized spacial score (nSPS) is 20.4. The van der Waals surface area contributed by atoms with Crippen molar-refractivity contribution in [3.8, 4) is 0 Å². The van der Waals surface area contributed by atoms with Gasteiger partial charge in [0.05, 0.1) is 12.2 Å². The van der Waals surface area contributed by atoms with Crippen molar-refractivity contribution in [3.05, 3.63) is 12.7 Å². The first-order chi connectivity index (χ1) is 4.09. The maximum absolute atomic E-state index is 8.95. The van der Waals surface area contributed by atoms with Gasteiger partial charge in [-0.1, -0.05) is 6.08 Å². The van der Waals surface area contributed by atoms with Crippen molar-refractivity contribution in [3.63, 3.8) is 0 Å². The molecule has 2 N–H and O–H groups in total. The van der Waals surface area contributed by atoms with Crippen molar-refractivity contribution in [1.82, 2.24) is 0 Å². The highest BCUT2D eigenvalue weighted by Crippen LogP contribution is 2.09. The molecule has 0 aliphatic rings. The molecule has 0 spiro atoms. The summed E-state index contributed by atoms with van der Waals surface area (Å²) in [5.41, 5.74) is 0. The van der Waals surface area contributed by atoms with E-state index >= 15 is 0 Å². The first-order valence-corrected chi connectivity index (χ1v) is 3.08.